The molecule has 2 N–H and O–H groups in total. The molecule has 0 bridgehead atoms. The third-order valence-electron chi connectivity index (χ3n) is 6.63. The van der Waals surface area contributed by atoms with Crippen LogP contribution in [0, 0.1) is 0 Å². The van der Waals surface area contributed by atoms with Crippen LogP contribution in [0.25, 0.3) is 22.0 Å². The van der Waals surface area contributed by atoms with Gasteiger partial charge in [0.05, 0.1) is 21.1 Å². The fourth-order valence-corrected chi connectivity index (χ4v) is 6.06. The van der Waals surface area contributed by atoms with Crippen molar-refractivity contribution in [3.8, 4) is 11.1 Å². The number of benzene rings is 2. The first-order valence-electron chi connectivity index (χ1n) is 11.3. The molecule has 176 valence electrons. The van der Waals surface area contributed by atoms with Crippen LogP contribution in [0.5, 0.6) is 0 Å². The lowest BCUT2D eigenvalue weighted by Crippen LogP contribution is -2.29. The molecule has 1 saturated heterocycles. The van der Waals surface area contributed by atoms with Crippen LogP contribution in [0.1, 0.15) is 50.5 Å². The zero-order valence-corrected chi connectivity index (χ0v) is 21.1. The lowest BCUT2D eigenvalue weighted by atomic mass is 9.94. The van der Waals surface area contributed by atoms with Gasteiger partial charge in [-0.3, -0.25) is 19.7 Å². The molecule has 5 rings (SSSR count). The van der Waals surface area contributed by atoms with Gasteiger partial charge in [0, 0.05) is 29.6 Å². The largest absolute Gasteiger partial charge is 0.351 e. The van der Waals surface area contributed by atoms with E-state index in [1.54, 1.807) is 23.7 Å². The Morgan fingerprint density at radius 2 is 1.82 bits per heavy atom. The van der Waals surface area contributed by atoms with Crippen LogP contribution in [0.2, 0.25) is 5.02 Å². The summed E-state index contributed by atoms with van der Waals surface area (Å²) in [5.41, 5.74) is 2.80. The molecule has 2 aliphatic heterocycles. The van der Waals surface area contributed by atoms with Gasteiger partial charge in [-0.25, -0.2) is 0 Å². The van der Waals surface area contributed by atoms with Gasteiger partial charge in [-0.2, -0.15) is 0 Å². The molecule has 1 fully saturated rings. The van der Waals surface area contributed by atoms with Crippen molar-refractivity contribution in [2.24, 2.45) is 7.05 Å². The highest BCUT2D eigenvalue weighted by Crippen LogP contribution is 2.42. The Morgan fingerprint density at radius 3 is 2.56 bits per heavy atom. The third kappa shape index (κ3) is 3.83. The van der Waals surface area contributed by atoms with E-state index in [0.717, 1.165) is 26.1 Å². The number of rotatable bonds is 6. The lowest BCUT2D eigenvalue weighted by Gasteiger charge is -2.14. The van der Waals surface area contributed by atoms with E-state index in [9.17, 15) is 14.4 Å². The Labute approximate surface area is 210 Å². The summed E-state index contributed by atoms with van der Waals surface area (Å²) in [4.78, 5) is 41.2. The summed E-state index contributed by atoms with van der Waals surface area (Å²) in [6.07, 6.45) is 3.36. The Hall–Kier alpha value is -2.68. The second-order valence-electron chi connectivity index (χ2n) is 8.71. The predicted molar refractivity (Wildman–Crippen MR) is 135 cm³/mol. The third-order valence-corrected chi connectivity index (χ3v) is 7.73. The first-order chi connectivity index (χ1) is 16.4. The van der Waals surface area contributed by atoms with Crippen molar-refractivity contribution >= 4 is 56.2 Å². The summed E-state index contributed by atoms with van der Waals surface area (Å²) in [6, 6.07) is 9.01. The maximum atomic E-state index is 13.1. The number of carbonyl (C=O) groups excluding carboxylic acids is 3. The molecule has 0 saturated carbocycles. The number of aryl methyl sites for hydroxylation is 1. The number of carbonyl (C=O) groups is 3. The van der Waals surface area contributed by atoms with Crippen molar-refractivity contribution in [3.05, 3.63) is 56.6 Å². The van der Waals surface area contributed by atoms with Crippen LogP contribution in [-0.2, 0) is 7.05 Å². The van der Waals surface area contributed by atoms with Crippen LogP contribution < -0.4 is 10.6 Å². The summed E-state index contributed by atoms with van der Waals surface area (Å²) in [5, 5.41) is 6.42. The minimum absolute atomic E-state index is 0.232. The molecule has 0 unspecified atom stereocenters. The molecule has 9 heteroatoms. The van der Waals surface area contributed by atoms with Crippen LogP contribution in [0.3, 0.4) is 0 Å². The second kappa shape index (κ2) is 9.17. The van der Waals surface area contributed by atoms with Crippen molar-refractivity contribution in [3.63, 3.8) is 0 Å². The van der Waals surface area contributed by atoms with E-state index in [0.29, 0.717) is 43.8 Å². The number of halogens is 2. The summed E-state index contributed by atoms with van der Waals surface area (Å²) in [7, 11) is 1.78. The molecule has 0 atom stereocenters. The van der Waals surface area contributed by atoms with Gasteiger partial charge in [0.15, 0.2) is 0 Å². The topological polar surface area (TPSA) is 83.4 Å². The number of fused-ring (bicyclic) bond motifs is 3. The van der Waals surface area contributed by atoms with E-state index in [-0.39, 0.29) is 17.0 Å². The molecule has 34 heavy (non-hydrogen) atoms. The van der Waals surface area contributed by atoms with E-state index < -0.39 is 11.8 Å². The molecule has 2 aliphatic rings. The monoisotopic (exact) mass is 542 g/mol. The molecule has 0 aliphatic carbocycles. The number of imide groups is 1. The molecule has 3 heterocycles. The SMILES string of the molecule is Cn1c(C(=O)NCCCN2CCCC2)c(Br)c2c3c(c(-c4ccccc4Cl)cc21)C(=O)NC3=O. The normalized spacial score (nSPS) is 15.7. The molecule has 1 aromatic heterocycles. The number of amides is 3. The highest BCUT2D eigenvalue weighted by molar-refractivity contribution is 9.10. The minimum Gasteiger partial charge on any atom is -0.351 e. The highest BCUT2D eigenvalue weighted by Gasteiger charge is 2.36. The smallest absolute Gasteiger partial charge is 0.269 e. The molecule has 3 aromatic rings. The van der Waals surface area contributed by atoms with Gasteiger partial charge in [-0.05, 0) is 72.5 Å². The Morgan fingerprint density at radius 1 is 1.12 bits per heavy atom. The first kappa shape index (κ1) is 23.1. The van der Waals surface area contributed by atoms with E-state index >= 15 is 0 Å². The number of hydrogen-bond donors (Lipinski definition) is 2. The predicted octanol–water partition coefficient (Wildman–Crippen LogP) is 4.36. The Balaban J connectivity index is 1.55. The van der Waals surface area contributed by atoms with Crippen molar-refractivity contribution < 1.29 is 14.4 Å². The number of aromatic nitrogens is 1. The highest BCUT2D eigenvalue weighted by atomic mass is 79.9. The van der Waals surface area contributed by atoms with Gasteiger partial charge < -0.3 is 14.8 Å². The van der Waals surface area contributed by atoms with Crippen molar-refractivity contribution in [1.82, 2.24) is 20.1 Å². The second-order valence-corrected chi connectivity index (χ2v) is 9.91. The van der Waals surface area contributed by atoms with Gasteiger partial charge in [0.2, 0.25) is 0 Å². The van der Waals surface area contributed by atoms with Crippen molar-refractivity contribution in [1.29, 1.82) is 0 Å². The number of likely N-dealkylation sites (tertiary alicyclic amines) is 1. The molecule has 0 spiro atoms. The van der Waals surface area contributed by atoms with Crippen LogP contribution in [0.4, 0.5) is 0 Å². The standard InChI is InChI=1S/C25H24BrClN4O3/c1-30-17-13-15(14-7-2-3-8-16(14)27)18-20(24(33)29-23(18)32)19(17)21(26)22(30)25(34)28-9-6-12-31-10-4-5-11-31/h2-3,7-8,13H,4-6,9-12H2,1H3,(H,28,34)(H,29,32,33). The molecular formula is C25H24BrClN4O3. The summed E-state index contributed by atoms with van der Waals surface area (Å²) in [5.74, 6) is -1.19. The number of hydrogen-bond acceptors (Lipinski definition) is 4. The first-order valence-corrected chi connectivity index (χ1v) is 12.5. The van der Waals surface area contributed by atoms with Gasteiger partial charge in [-0.15, -0.1) is 0 Å². The Bertz CT molecular complexity index is 1340. The van der Waals surface area contributed by atoms with Gasteiger partial charge >= 0.3 is 0 Å². The van der Waals surface area contributed by atoms with Crippen LogP contribution in [0.15, 0.2) is 34.8 Å². The number of nitrogens with zero attached hydrogens (tertiary/aromatic N) is 2. The van der Waals surface area contributed by atoms with E-state index in [2.05, 4.69) is 31.5 Å². The zero-order chi connectivity index (χ0) is 24.0. The van der Waals surface area contributed by atoms with Crippen LogP contribution >= 0.6 is 27.5 Å². The maximum Gasteiger partial charge on any atom is 0.269 e. The summed E-state index contributed by atoms with van der Waals surface area (Å²) < 4.78 is 2.25. The van der Waals surface area contributed by atoms with Crippen molar-refractivity contribution in [2.75, 3.05) is 26.2 Å². The molecular weight excluding hydrogens is 520 g/mol. The molecule has 0 radical (unpaired) electrons. The van der Waals surface area contributed by atoms with E-state index in [1.807, 2.05) is 18.2 Å². The van der Waals surface area contributed by atoms with E-state index in [4.69, 9.17) is 11.6 Å². The quantitative estimate of drug-likeness (QED) is 0.357. The summed E-state index contributed by atoms with van der Waals surface area (Å²) in [6.45, 7) is 3.78. The fraction of sp³-hybridized carbons (Fsp3) is 0.320. The van der Waals surface area contributed by atoms with Gasteiger partial charge in [0.25, 0.3) is 17.7 Å². The fourth-order valence-electron chi connectivity index (χ4n) is 4.97. The molecule has 3 amide bonds. The molecule has 7 nitrogen and oxygen atoms in total. The van der Waals surface area contributed by atoms with Crippen LogP contribution in [-0.4, -0.2) is 53.4 Å². The average molecular weight is 544 g/mol. The van der Waals surface area contributed by atoms with Gasteiger partial charge in [0.1, 0.15) is 5.69 Å². The summed E-state index contributed by atoms with van der Waals surface area (Å²) >= 11 is 10.00. The molecule has 2 aromatic carbocycles. The lowest BCUT2D eigenvalue weighted by molar-refractivity contribution is 0.0878. The van der Waals surface area contributed by atoms with E-state index in [1.165, 1.54) is 12.8 Å². The minimum atomic E-state index is -0.484. The Kier molecular flexibility index (Phi) is 6.22. The van der Waals surface area contributed by atoms with Gasteiger partial charge in [-0.1, -0.05) is 29.8 Å². The zero-order valence-electron chi connectivity index (χ0n) is 18.7. The maximum absolute atomic E-state index is 13.1. The number of nitrogens with one attached hydrogen (secondary N) is 2. The van der Waals surface area contributed by atoms with Crippen molar-refractivity contribution in [2.45, 2.75) is 19.3 Å². The average Bonchev–Trinajstić information content (AvgIpc) is 3.49.